The SMILES string of the molecule is COC(=O)[C@H](SC)Sc1nc2nc(C)cc(C)n2n1. The number of carbonyl (C=O) groups excluding carboxylic acids is 1. The van der Waals surface area contributed by atoms with Crippen molar-refractivity contribution in [1.29, 1.82) is 0 Å². The van der Waals surface area contributed by atoms with Crippen molar-refractivity contribution in [3.63, 3.8) is 0 Å². The molecule has 0 bridgehead atoms. The number of esters is 1. The first kappa shape index (κ1) is 14.1. The van der Waals surface area contributed by atoms with E-state index in [1.807, 2.05) is 26.2 Å². The largest absolute Gasteiger partial charge is 0.468 e. The first-order valence-corrected chi connectivity index (χ1v) is 7.70. The molecule has 0 spiro atoms. The summed E-state index contributed by atoms with van der Waals surface area (Å²) in [5.74, 6) is 0.252. The molecule has 0 fully saturated rings. The van der Waals surface area contributed by atoms with E-state index >= 15 is 0 Å². The number of nitrogens with zero attached hydrogens (tertiary/aromatic N) is 4. The van der Waals surface area contributed by atoms with Crippen LogP contribution in [0.1, 0.15) is 11.4 Å². The molecule has 0 amide bonds. The second kappa shape index (κ2) is 5.79. The van der Waals surface area contributed by atoms with Gasteiger partial charge in [0.1, 0.15) is 0 Å². The van der Waals surface area contributed by atoms with Crippen LogP contribution in [-0.4, -0.2) is 43.5 Å². The minimum absolute atomic E-state index is 0.294. The van der Waals surface area contributed by atoms with Gasteiger partial charge in [-0.25, -0.2) is 14.3 Å². The molecule has 0 aliphatic rings. The Morgan fingerprint density at radius 3 is 2.79 bits per heavy atom. The van der Waals surface area contributed by atoms with Crippen molar-refractivity contribution in [1.82, 2.24) is 19.6 Å². The van der Waals surface area contributed by atoms with Crippen molar-refractivity contribution < 1.29 is 9.53 Å². The number of aryl methyl sites for hydroxylation is 2. The molecule has 0 saturated heterocycles. The fourth-order valence-corrected chi connectivity index (χ4v) is 3.16. The summed E-state index contributed by atoms with van der Waals surface area (Å²) in [4.78, 5) is 20.2. The molecule has 6 nitrogen and oxygen atoms in total. The molecular weight excluding hydrogens is 284 g/mol. The normalized spacial score (nSPS) is 12.6. The molecular formula is C11H14N4O2S2. The van der Waals surface area contributed by atoms with E-state index in [1.165, 1.54) is 30.6 Å². The van der Waals surface area contributed by atoms with Gasteiger partial charge in [0.2, 0.25) is 5.16 Å². The van der Waals surface area contributed by atoms with E-state index in [0.717, 1.165) is 11.4 Å². The molecule has 0 aromatic carbocycles. The van der Waals surface area contributed by atoms with Gasteiger partial charge in [-0.3, -0.25) is 0 Å². The summed E-state index contributed by atoms with van der Waals surface area (Å²) in [6.45, 7) is 3.85. The van der Waals surface area contributed by atoms with Crippen molar-refractivity contribution >= 4 is 35.3 Å². The molecule has 0 saturated carbocycles. The van der Waals surface area contributed by atoms with E-state index in [1.54, 1.807) is 4.52 Å². The van der Waals surface area contributed by atoms with Gasteiger partial charge in [-0.05, 0) is 26.2 Å². The summed E-state index contributed by atoms with van der Waals surface area (Å²) in [6, 6.07) is 1.93. The lowest BCUT2D eigenvalue weighted by Gasteiger charge is -2.08. The number of aromatic nitrogens is 4. The lowest BCUT2D eigenvalue weighted by atomic mass is 10.4. The molecule has 0 aliphatic carbocycles. The fourth-order valence-electron chi connectivity index (χ4n) is 1.58. The second-order valence-electron chi connectivity index (χ2n) is 3.85. The third kappa shape index (κ3) is 3.01. The molecule has 0 aliphatic heterocycles. The predicted molar refractivity (Wildman–Crippen MR) is 75.4 cm³/mol. The number of ether oxygens (including phenoxy) is 1. The van der Waals surface area contributed by atoms with Gasteiger partial charge in [0.05, 0.1) is 7.11 Å². The van der Waals surface area contributed by atoms with E-state index in [2.05, 4.69) is 15.1 Å². The van der Waals surface area contributed by atoms with Gasteiger partial charge in [0.25, 0.3) is 5.78 Å². The highest BCUT2D eigenvalue weighted by Gasteiger charge is 2.22. The fraction of sp³-hybridized carbons (Fsp3) is 0.455. The Hall–Kier alpha value is -1.28. The second-order valence-corrected chi connectivity index (χ2v) is 6.17. The summed E-state index contributed by atoms with van der Waals surface area (Å²) in [7, 11) is 1.37. The lowest BCUT2D eigenvalue weighted by Crippen LogP contribution is -2.14. The zero-order chi connectivity index (χ0) is 14.0. The monoisotopic (exact) mass is 298 g/mol. The maximum absolute atomic E-state index is 11.5. The Labute approximate surface area is 119 Å². The molecule has 2 aromatic rings. The molecule has 0 N–H and O–H groups in total. The quantitative estimate of drug-likeness (QED) is 0.483. The Balaban J connectivity index is 2.31. The average molecular weight is 298 g/mol. The van der Waals surface area contributed by atoms with Crippen LogP contribution < -0.4 is 0 Å². The van der Waals surface area contributed by atoms with Crippen LogP contribution in [0.2, 0.25) is 0 Å². The predicted octanol–water partition coefficient (Wildman–Crippen LogP) is 1.70. The highest BCUT2D eigenvalue weighted by Crippen LogP contribution is 2.28. The van der Waals surface area contributed by atoms with Crippen LogP contribution in [-0.2, 0) is 9.53 Å². The summed E-state index contributed by atoms with van der Waals surface area (Å²) < 4.78 is 6.03. The molecule has 2 heterocycles. The number of rotatable bonds is 4. The minimum Gasteiger partial charge on any atom is -0.468 e. The maximum Gasteiger partial charge on any atom is 0.329 e. The third-order valence-electron chi connectivity index (χ3n) is 2.42. The highest BCUT2D eigenvalue weighted by atomic mass is 32.2. The zero-order valence-corrected chi connectivity index (χ0v) is 12.7. The van der Waals surface area contributed by atoms with Gasteiger partial charge in [0, 0.05) is 11.4 Å². The van der Waals surface area contributed by atoms with Crippen molar-refractivity contribution in [2.24, 2.45) is 0 Å². The van der Waals surface area contributed by atoms with Crippen LogP contribution in [0.3, 0.4) is 0 Å². The van der Waals surface area contributed by atoms with Crippen LogP contribution in [0.4, 0.5) is 0 Å². The Kier molecular flexibility index (Phi) is 4.31. The van der Waals surface area contributed by atoms with Gasteiger partial charge in [0.15, 0.2) is 4.58 Å². The highest BCUT2D eigenvalue weighted by molar-refractivity contribution is 8.17. The number of hydrogen-bond donors (Lipinski definition) is 0. The van der Waals surface area contributed by atoms with Crippen LogP contribution in [0.15, 0.2) is 11.2 Å². The van der Waals surface area contributed by atoms with E-state index in [-0.39, 0.29) is 10.6 Å². The molecule has 2 rings (SSSR count). The van der Waals surface area contributed by atoms with E-state index in [4.69, 9.17) is 4.74 Å². The van der Waals surface area contributed by atoms with Gasteiger partial charge < -0.3 is 4.74 Å². The first-order valence-electron chi connectivity index (χ1n) is 5.53. The van der Waals surface area contributed by atoms with Crippen LogP contribution in [0.5, 0.6) is 0 Å². The van der Waals surface area contributed by atoms with Crippen molar-refractivity contribution in [2.45, 2.75) is 23.6 Å². The van der Waals surface area contributed by atoms with Gasteiger partial charge in [-0.1, -0.05) is 11.8 Å². The van der Waals surface area contributed by atoms with Gasteiger partial charge >= 0.3 is 5.97 Å². The van der Waals surface area contributed by atoms with Gasteiger partial charge in [-0.2, -0.15) is 4.98 Å². The molecule has 1 atom stereocenters. The Bertz CT molecular complexity index is 614. The number of hydrogen-bond acceptors (Lipinski definition) is 7. The van der Waals surface area contributed by atoms with Crippen LogP contribution >= 0.6 is 23.5 Å². The smallest absolute Gasteiger partial charge is 0.329 e. The molecule has 2 aromatic heterocycles. The van der Waals surface area contributed by atoms with E-state index < -0.39 is 0 Å². The van der Waals surface area contributed by atoms with E-state index in [9.17, 15) is 4.79 Å². The molecule has 19 heavy (non-hydrogen) atoms. The topological polar surface area (TPSA) is 69.4 Å². The maximum atomic E-state index is 11.5. The van der Waals surface area contributed by atoms with Gasteiger partial charge in [-0.15, -0.1) is 16.9 Å². The lowest BCUT2D eigenvalue weighted by molar-refractivity contribution is -0.138. The summed E-state index contributed by atoms with van der Waals surface area (Å²) >= 11 is 2.66. The Morgan fingerprint density at radius 2 is 2.16 bits per heavy atom. The minimum atomic E-state index is -0.371. The van der Waals surface area contributed by atoms with Crippen molar-refractivity contribution in [3.8, 4) is 0 Å². The van der Waals surface area contributed by atoms with Crippen molar-refractivity contribution in [3.05, 3.63) is 17.5 Å². The Morgan fingerprint density at radius 1 is 1.42 bits per heavy atom. The van der Waals surface area contributed by atoms with E-state index in [0.29, 0.717) is 10.9 Å². The molecule has 0 unspecified atom stereocenters. The number of fused-ring (bicyclic) bond motifs is 1. The summed E-state index contributed by atoms with van der Waals surface area (Å²) in [6.07, 6.45) is 1.85. The average Bonchev–Trinajstić information content (AvgIpc) is 2.77. The standard InChI is InChI=1S/C11H14N4O2S2/c1-6-5-7(2)15-10(12-6)13-11(14-15)19-9(18-4)8(16)17-3/h5,9H,1-4H3/t9-/m1/s1. The first-order chi connectivity index (χ1) is 9.05. The van der Waals surface area contributed by atoms with Crippen LogP contribution in [0.25, 0.3) is 5.78 Å². The number of carbonyl (C=O) groups is 1. The van der Waals surface area contributed by atoms with Crippen molar-refractivity contribution in [2.75, 3.05) is 13.4 Å². The van der Waals surface area contributed by atoms with Crippen LogP contribution in [0, 0.1) is 13.8 Å². The number of thioether (sulfide) groups is 2. The third-order valence-corrected chi connectivity index (χ3v) is 4.70. The summed E-state index contributed by atoms with van der Waals surface area (Å²) in [5, 5.41) is 4.86. The molecule has 8 heteroatoms. The molecule has 102 valence electrons. The molecule has 0 radical (unpaired) electrons. The summed E-state index contributed by atoms with van der Waals surface area (Å²) in [5.41, 5.74) is 1.85. The number of methoxy groups -OCH3 is 1. The zero-order valence-electron chi connectivity index (χ0n) is 11.1.